The zero-order valence-corrected chi connectivity index (χ0v) is 23.7. The van der Waals surface area contributed by atoms with Gasteiger partial charge in [-0.05, 0) is 86.2 Å². The van der Waals surface area contributed by atoms with Gasteiger partial charge in [-0.2, -0.15) is 0 Å². The molecule has 0 saturated heterocycles. The monoisotopic (exact) mass is 499 g/mol. The first-order valence-electron chi connectivity index (χ1n) is 11.3. The van der Waals surface area contributed by atoms with Crippen LogP contribution in [0.25, 0.3) is 6.08 Å². The Morgan fingerprint density at radius 1 is 1.03 bits per heavy atom. The number of aliphatic carboxylic acids is 1. The van der Waals surface area contributed by atoms with Crippen LogP contribution in [0.1, 0.15) is 40.9 Å². The zero-order valence-electron chi connectivity index (χ0n) is 20.9. The molecule has 0 aliphatic carbocycles. The van der Waals surface area contributed by atoms with E-state index in [1.807, 2.05) is 24.3 Å². The average molecular weight is 500 g/mol. The Morgan fingerprint density at radius 2 is 1.74 bits per heavy atom. The van der Waals surface area contributed by atoms with E-state index in [1.165, 1.54) is 27.7 Å². The number of aromatic nitrogens is 1. The molecule has 178 valence electrons. The van der Waals surface area contributed by atoms with Gasteiger partial charge >= 0.3 is 29.6 Å². The molecular formula is C28H30NNaO4S. The second-order valence-electron chi connectivity index (χ2n) is 8.00. The number of methoxy groups -OCH3 is 1. The van der Waals surface area contributed by atoms with Crippen molar-refractivity contribution in [1.29, 1.82) is 0 Å². The minimum atomic E-state index is -1.26. The molecular weight excluding hydrogens is 469 g/mol. The van der Waals surface area contributed by atoms with Crippen LogP contribution in [0.15, 0.2) is 65.6 Å². The number of carbonyl (C=O) groups is 1. The number of carboxylic acids is 1. The maximum absolute atomic E-state index is 11.0. The second-order valence-corrected chi connectivity index (χ2v) is 8.99. The standard InChI is InChI=1S/C28H31NO4S.Na/c1-20-7-6-8-21(2)28(20)34-19-23-12-16-26(25(29-23)15-17-27(30)31)33-18-5-4-9-22-10-13-24(32-3)14-11-22;/h6-8,10-17H,4-5,9,18-19H2,1-3H3,(H,30,31);/q;+1/p-1/b17-15+;. The second kappa shape index (κ2) is 15.0. The average Bonchev–Trinajstić information content (AvgIpc) is 2.83. The summed E-state index contributed by atoms with van der Waals surface area (Å²) < 4.78 is 11.1. The maximum atomic E-state index is 11.0. The number of carbonyl (C=O) groups excluding carboxylic acids is 1. The number of hydrogen-bond donors (Lipinski definition) is 0. The molecule has 7 heteroatoms. The summed E-state index contributed by atoms with van der Waals surface area (Å²) in [4.78, 5) is 16.8. The van der Waals surface area contributed by atoms with Crippen molar-refractivity contribution in [3.63, 3.8) is 0 Å². The van der Waals surface area contributed by atoms with Crippen LogP contribution in [0, 0.1) is 13.8 Å². The van der Waals surface area contributed by atoms with Crippen molar-refractivity contribution >= 4 is 23.8 Å². The quantitative estimate of drug-likeness (QED) is 0.165. The Labute approximate surface area is 234 Å². The van der Waals surface area contributed by atoms with E-state index in [1.54, 1.807) is 18.9 Å². The summed E-state index contributed by atoms with van der Waals surface area (Å²) in [6.45, 7) is 4.73. The number of aryl methyl sites for hydroxylation is 3. The van der Waals surface area contributed by atoms with Gasteiger partial charge in [-0.1, -0.05) is 30.3 Å². The number of thioether (sulfide) groups is 1. The Kier molecular flexibility index (Phi) is 12.4. The van der Waals surface area contributed by atoms with Crippen LogP contribution >= 0.6 is 11.8 Å². The minimum absolute atomic E-state index is 0. The van der Waals surface area contributed by atoms with Crippen molar-refractivity contribution in [3.8, 4) is 11.5 Å². The topological polar surface area (TPSA) is 71.5 Å². The molecule has 5 nitrogen and oxygen atoms in total. The molecule has 0 aliphatic rings. The number of pyridine rings is 1. The summed E-state index contributed by atoms with van der Waals surface area (Å²) >= 11 is 1.73. The molecule has 3 aromatic rings. The van der Waals surface area contributed by atoms with E-state index in [9.17, 15) is 9.90 Å². The fourth-order valence-electron chi connectivity index (χ4n) is 3.55. The number of ether oxygens (including phenoxy) is 2. The molecule has 0 unspecified atom stereocenters. The predicted octanol–water partition coefficient (Wildman–Crippen LogP) is 2.17. The third kappa shape index (κ3) is 9.37. The van der Waals surface area contributed by atoms with E-state index in [0.29, 0.717) is 23.8 Å². The van der Waals surface area contributed by atoms with Crippen LogP contribution in [0.5, 0.6) is 11.5 Å². The van der Waals surface area contributed by atoms with Crippen LogP contribution in [0.4, 0.5) is 0 Å². The minimum Gasteiger partial charge on any atom is -0.545 e. The molecule has 1 aromatic heterocycles. The SMILES string of the molecule is COc1ccc(CCCCOc2ccc(CSc3c(C)cccc3C)nc2/C=C/C(=O)[O-])cc1.[Na+]. The zero-order chi connectivity index (χ0) is 24.3. The van der Waals surface area contributed by atoms with Gasteiger partial charge in [0.15, 0.2) is 0 Å². The Bertz CT molecular complexity index is 1110. The smallest absolute Gasteiger partial charge is 0.545 e. The summed E-state index contributed by atoms with van der Waals surface area (Å²) in [6.07, 6.45) is 5.24. The van der Waals surface area contributed by atoms with Crippen molar-refractivity contribution in [2.75, 3.05) is 13.7 Å². The third-order valence-corrected chi connectivity index (χ3v) is 6.74. The summed E-state index contributed by atoms with van der Waals surface area (Å²) in [5.74, 6) is 0.845. The van der Waals surface area contributed by atoms with Gasteiger partial charge in [-0.25, -0.2) is 4.98 Å². The van der Waals surface area contributed by atoms with Crippen molar-refractivity contribution in [1.82, 2.24) is 4.98 Å². The molecule has 0 N–H and O–H groups in total. The molecule has 1 heterocycles. The van der Waals surface area contributed by atoms with Crippen LogP contribution < -0.4 is 44.1 Å². The summed E-state index contributed by atoms with van der Waals surface area (Å²) in [5, 5.41) is 11.0. The fraction of sp³-hybridized carbons (Fsp3) is 0.286. The number of hydrogen-bond acceptors (Lipinski definition) is 6. The fourth-order valence-corrected chi connectivity index (χ4v) is 4.60. The summed E-state index contributed by atoms with van der Waals surface area (Å²) in [5.41, 5.74) is 5.08. The molecule has 0 saturated carbocycles. The molecule has 3 rings (SSSR count). The summed E-state index contributed by atoms with van der Waals surface area (Å²) in [6, 6.07) is 18.1. The number of benzene rings is 2. The van der Waals surface area contributed by atoms with E-state index in [-0.39, 0.29) is 29.6 Å². The largest absolute Gasteiger partial charge is 1.00 e. The van der Waals surface area contributed by atoms with Gasteiger partial charge in [-0.3, -0.25) is 0 Å². The number of nitrogens with zero attached hydrogens (tertiary/aromatic N) is 1. The molecule has 0 spiro atoms. The van der Waals surface area contributed by atoms with E-state index >= 15 is 0 Å². The first kappa shape index (κ1) is 29.0. The van der Waals surface area contributed by atoms with Gasteiger partial charge in [0.1, 0.15) is 17.2 Å². The van der Waals surface area contributed by atoms with Crippen molar-refractivity contribution in [2.45, 2.75) is 43.8 Å². The molecule has 0 amide bonds. The van der Waals surface area contributed by atoms with Crippen LogP contribution in [0.2, 0.25) is 0 Å². The van der Waals surface area contributed by atoms with E-state index in [4.69, 9.17) is 9.47 Å². The van der Waals surface area contributed by atoms with E-state index < -0.39 is 5.97 Å². The molecule has 0 radical (unpaired) electrons. The van der Waals surface area contributed by atoms with Gasteiger partial charge in [0.2, 0.25) is 0 Å². The molecule has 0 aliphatic heterocycles. The predicted molar refractivity (Wildman–Crippen MR) is 135 cm³/mol. The Morgan fingerprint density at radius 3 is 2.40 bits per heavy atom. The summed E-state index contributed by atoms with van der Waals surface area (Å²) in [7, 11) is 1.66. The Balaban J connectivity index is 0.00000432. The van der Waals surface area contributed by atoms with Gasteiger partial charge in [-0.15, -0.1) is 11.8 Å². The third-order valence-electron chi connectivity index (χ3n) is 5.37. The number of unbranched alkanes of at least 4 members (excludes halogenated alkanes) is 1. The molecule has 0 fully saturated rings. The van der Waals surface area contributed by atoms with Gasteiger partial charge in [0, 0.05) is 10.6 Å². The van der Waals surface area contributed by atoms with Crippen LogP contribution in [0.3, 0.4) is 0 Å². The van der Waals surface area contributed by atoms with Gasteiger partial charge < -0.3 is 19.4 Å². The van der Waals surface area contributed by atoms with Gasteiger partial charge in [0.25, 0.3) is 0 Å². The van der Waals surface area contributed by atoms with E-state index in [2.05, 4.69) is 49.2 Å². The van der Waals surface area contributed by atoms with Crippen molar-refractivity contribution in [3.05, 3.63) is 88.8 Å². The van der Waals surface area contributed by atoms with Crippen molar-refractivity contribution in [2.24, 2.45) is 0 Å². The Hall–Kier alpha value is -2.25. The van der Waals surface area contributed by atoms with Crippen molar-refractivity contribution < 1.29 is 48.9 Å². The normalized spacial score (nSPS) is 10.7. The molecule has 2 aromatic carbocycles. The maximum Gasteiger partial charge on any atom is 1.00 e. The number of carboxylic acid groups (broad SMARTS) is 1. The number of rotatable bonds is 12. The molecule has 0 bridgehead atoms. The first-order chi connectivity index (χ1) is 16.5. The first-order valence-corrected chi connectivity index (χ1v) is 12.3. The van der Waals surface area contributed by atoms with Crippen LogP contribution in [-0.4, -0.2) is 24.7 Å². The van der Waals surface area contributed by atoms with Gasteiger partial charge in [0.05, 0.1) is 25.4 Å². The van der Waals surface area contributed by atoms with E-state index in [0.717, 1.165) is 36.8 Å². The van der Waals surface area contributed by atoms with Crippen LogP contribution in [-0.2, 0) is 17.0 Å². The molecule has 0 atom stereocenters. The molecule has 35 heavy (non-hydrogen) atoms.